The Morgan fingerprint density at radius 2 is 1.47 bits per heavy atom. The van der Waals surface area contributed by atoms with E-state index in [0.29, 0.717) is 6.42 Å². The molecular formula is C19H32MgO9S. The largest absolute Gasteiger partial charge is 2.00 e. The Balaban J connectivity index is -0.00000131. The van der Waals surface area contributed by atoms with Crippen LogP contribution in [0.3, 0.4) is 0 Å². The van der Waals surface area contributed by atoms with E-state index in [9.17, 15) is 27.4 Å². The van der Waals surface area contributed by atoms with Crippen molar-refractivity contribution in [3.8, 4) is 0 Å². The van der Waals surface area contributed by atoms with Gasteiger partial charge in [0.15, 0.2) is 0 Å². The first kappa shape index (κ1) is 30.8. The van der Waals surface area contributed by atoms with Gasteiger partial charge in [-0.05, 0) is 27.2 Å². The molecule has 0 aliphatic carbocycles. The topological polar surface area (TPSA) is 133 Å². The van der Waals surface area contributed by atoms with Crippen molar-refractivity contribution < 1.29 is 44.4 Å². The van der Waals surface area contributed by atoms with Crippen molar-refractivity contribution >= 4 is 51.1 Å². The predicted molar refractivity (Wildman–Crippen MR) is 113 cm³/mol. The van der Waals surface area contributed by atoms with Crippen LogP contribution in [0.5, 0.6) is 0 Å². The fourth-order valence-corrected chi connectivity index (χ4v) is 3.87. The van der Waals surface area contributed by atoms with Crippen molar-refractivity contribution in [3.05, 3.63) is 25.3 Å². The number of ether oxygens (including phenoxy) is 3. The third-order valence-electron chi connectivity index (χ3n) is 4.67. The molecule has 3 unspecified atom stereocenters. The van der Waals surface area contributed by atoms with Gasteiger partial charge in [-0.1, -0.05) is 32.9 Å². The van der Waals surface area contributed by atoms with Crippen LogP contribution in [0, 0.1) is 5.41 Å². The normalized spacial score (nSPS) is 15.9. The molecule has 0 spiro atoms. The summed E-state index contributed by atoms with van der Waals surface area (Å²) in [4.78, 5) is 35.5. The van der Waals surface area contributed by atoms with E-state index in [1.807, 2.05) is 6.92 Å². The second-order valence-corrected chi connectivity index (χ2v) is 8.18. The molecule has 0 aliphatic heterocycles. The maximum Gasteiger partial charge on any atom is 2.00 e. The van der Waals surface area contributed by atoms with Gasteiger partial charge in [-0.25, -0.2) is 9.59 Å². The van der Waals surface area contributed by atoms with Gasteiger partial charge in [-0.3, -0.25) is 9.35 Å². The van der Waals surface area contributed by atoms with Gasteiger partial charge in [0.2, 0.25) is 5.44 Å². The molecule has 0 aromatic carbocycles. The molecule has 0 aliphatic rings. The van der Waals surface area contributed by atoms with E-state index in [0.717, 1.165) is 25.0 Å². The second kappa shape index (κ2) is 13.8. The quantitative estimate of drug-likeness (QED) is 0.110. The van der Waals surface area contributed by atoms with Crippen molar-refractivity contribution in [1.82, 2.24) is 0 Å². The third kappa shape index (κ3) is 9.15. The molecular weight excluding hydrogens is 429 g/mol. The maximum atomic E-state index is 12.2. The van der Waals surface area contributed by atoms with Crippen LogP contribution in [0.1, 0.15) is 56.2 Å². The van der Waals surface area contributed by atoms with Crippen LogP contribution < -0.4 is 0 Å². The summed E-state index contributed by atoms with van der Waals surface area (Å²) in [6, 6.07) is 0. The van der Waals surface area contributed by atoms with Crippen LogP contribution >= 0.6 is 0 Å². The number of carbonyl (C=O) groups is 3. The van der Waals surface area contributed by atoms with E-state index in [1.165, 1.54) is 20.8 Å². The van der Waals surface area contributed by atoms with Gasteiger partial charge in [0.25, 0.3) is 0 Å². The zero-order chi connectivity index (χ0) is 22.8. The van der Waals surface area contributed by atoms with Gasteiger partial charge in [0.05, 0.1) is 5.41 Å². The summed E-state index contributed by atoms with van der Waals surface area (Å²) in [7, 11) is -5.00. The van der Waals surface area contributed by atoms with E-state index in [4.69, 9.17) is 14.2 Å². The third-order valence-corrected chi connectivity index (χ3v) is 5.82. The molecule has 0 fully saturated rings. The zero-order valence-corrected chi connectivity index (χ0v) is 20.2. The molecule has 0 aromatic heterocycles. The average Bonchev–Trinajstić information content (AvgIpc) is 2.64. The van der Waals surface area contributed by atoms with Gasteiger partial charge < -0.3 is 17.1 Å². The van der Waals surface area contributed by atoms with Crippen molar-refractivity contribution in [3.63, 3.8) is 0 Å². The molecule has 0 aromatic rings. The van der Waals surface area contributed by atoms with Crippen molar-refractivity contribution in [2.45, 2.75) is 71.0 Å². The van der Waals surface area contributed by atoms with E-state index in [1.54, 1.807) is 0 Å². The SMILES string of the molecule is C=CC(=O)OC(C)C(C)(C(C)OC(=O)C=C)C(OC(=O)CCCCC)S(=O)(=O)O.[H-].[H-].[Mg+2]. The first-order valence-corrected chi connectivity index (χ1v) is 10.7. The fourth-order valence-electron chi connectivity index (χ4n) is 2.62. The molecule has 0 saturated heterocycles. The Labute approximate surface area is 197 Å². The molecule has 0 radical (unpaired) electrons. The maximum absolute atomic E-state index is 12.2. The number of carbonyl (C=O) groups excluding carboxylic acids is 3. The standard InChI is InChI=1S/C19H30O9S.Mg.2H/c1-7-10-11-12-17(22)28-18(29(23,24)25)19(6,13(4)26-15(20)8-2)14(5)27-16(21)9-3;;;/h8-9,13-14,18H,2-3,7,10-12H2,1,4-6H3,(H,23,24,25);;;/q;+2;2*-1. The van der Waals surface area contributed by atoms with Crippen LogP contribution in [0.2, 0.25) is 0 Å². The monoisotopic (exact) mass is 460 g/mol. The molecule has 9 nitrogen and oxygen atoms in total. The fraction of sp³-hybridized carbons (Fsp3) is 0.632. The molecule has 11 heteroatoms. The van der Waals surface area contributed by atoms with E-state index < -0.39 is 51.1 Å². The van der Waals surface area contributed by atoms with Crippen molar-refractivity contribution in [2.24, 2.45) is 5.41 Å². The Morgan fingerprint density at radius 3 is 1.80 bits per heavy atom. The molecule has 30 heavy (non-hydrogen) atoms. The number of hydrogen-bond donors (Lipinski definition) is 1. The summed E-state index contributed by atoms with van der Waals surface area (Å²) in [6.07, 6.45) is 1.13. The zero-order valence-electron chi connectivity index (χ0n) is 20.0. The number of esters is 3. The molecule has 0 saturated carbocycles. The van der Waals surface area contributed by atoms with Crippen LogP contribution in [0.4, 0.5) is 0 Å². The van der Waals surface area contributed by atoms with Gasteiger partial charge >= 0.3 is 51.1 Å². The summed E-state index contributed by atoms with van der Waals surface area (Å²) in [5, 5.41) is 0. The van der Waals surface area contributed by atoms with E-state index in [-0.39, 0.29) is 32.3 Å². The van der Waals surface area contributed by atoms with E-state index in [2.05, 4.69) is 13.2 Å². The average molecular weight is 461 g/mol. The van der Waals surface area contributed by atoms with Gasteiger partial charge in [-0.2, -0.15) is 8.42 Å². The Hall–Kier alpha value is -1.43. The van der Waals surface area contributed by atoms with E-state index >= 15 is 0 Å². The molecule has 1 N–H and O–H groups in total. The molecule has 0 amide bonds. The number of hydrogen-bond acceptors (Lipinski definition) is 8. The van der Waals surface area contributed by atoms with Crippen LogP contribution in [0.25, 0.3) is 0 Å². The number of rotatable bonds is 13. The summed E-state index contributed by atoms with van der Waals surface area (Å²) in [6.45, 7) is 12.3. The van der Waals surface area contributed by atoms with Crippen LogP contribution in [0.15, 0.2) is 25.3 Å². The Kier molecular flexibility index (Phi) is 14.1. The summed E-state index contributed by atoms with van der Waals surface area (Å²) >= 11 is 0. The predicted octanol–water partition coefficient (Wildman–Crippen LogP) is 2.41. The first-order valence-electron chi connectivity index (χ1n) is 9.16. The summed E-state index contributed by atoms with van der Waals surface area (Å²) < 4.78 is 49.3. The second-order valence-electron chi connectivity index (χ2n) is 6.73. The van der Waals surface area contributed by atoms with Crippen LogP contribution in [-0.4, -0.2) is 71.6 Å². The summed E-state index contributed by atoms with van der Waals surface area (Å²) in [5.74, 6) is -2.62. The Bertz CT molecular complexity index is 700. The van der Waals surface area contributed by atoms with Crippen molar-refractivity contribution in [2.75, 3.05) is 0 Å². The molecule has 170 valence electrons. The first-order chi connectivity index (χ1) is 13.3. The minimum absolute atomic E-state index is 0. The van der Waals surface area contributed by atoms with Gasteiger partial charge in [-0.15, -0.1) is 0 Å². The summed E-state index contributed by atoms with van der Waals surface area (Å²) in [5.41, 5.74) is -4.02. The van der Waals surface area contributed by atoms with Crippen LogP contribution in [-0.2, 0) is 38.7 Å². The molecule has 0 bridgehead atoms. The number of unbranched alkanes of at least 4 members (excludes halogenated alkanes) is 2. The van der Waals surface area contributed by atoms with Gasteiger partial charge in [0, 0.05) is 18.6 Å². The minimum Gasteiger partial charge on any atom is -1.00 e. The molecule has 0 heterocycles. The molecule has 3 atom stereocenters. The minimum atomic E-state index is -5.00. The van der Waals surface area contributed by atoms with Gasteiger partial charge in [0.1, 0.15) is 12.2 Å². The molecule has 0 rings (SSSR count). The Morgan fingerprint density at radius 1 is 1.03 bits per heavy atom. The van der Waals surface area contributed by atoms with Crippen molar-refractivity contribution in [1.29, 1.82) is 0 Å². The smallest absolute Gasteiger partial charge is 1.00 e.